The van der Waals surface area contributed by atoms with Gasteiger partial charge < -0.3 is 33.9 Å². The van der Waals surface area contributed by atoms with Crippen LogP contribution in [0.4, 0.5) is 0 Å². The van der Waals surface area contributed by atoms with Crippen molar-refractivity contribution in [2.45, 2.75) is 81.2 Å². The van der Waals surface area contributed by atoms with Crippen molar-refractivity contribution in [1.29, 1.82) is 0 Å². The molecule has 1 heterocycles. The lowest BCUT2D eigenvalue weighted by molar-refractivity contribution is -0.320. The molecule has 9 heteroatoms. The first-order chi connectivity index (χ1) is 17.2. The third-order valence-corrected chi connectivity index (χ3v) is 11.8. The first-order valence-corrected chi connectivity index (χ1v) is 13.6. The second kappa shape index (κ2) is 8.10. The zero-order valence-electron chi connectivity index (χ0n) is 22.4. The minimum atomic E-state index is -1.71. The highest BCUT2D eigenvalue weighted by Crippen LogP contribution is 2.80. The van der Waals surface area contributed by atoms with E-state index in [9.17, 15) is 15.0 Å². The molecule has 0 amide bonds. The first-order valence-electron chi connectivity index (χ1n) is 13.6. The monoisotopic (exact) mass is 509 g/mol. The molecule has 5 aliphatic carbocycles. The zero-order valence-corrected chi connectivity index (χ0v) is 22.4. The number of likely N-dealkylation sites (N-methyl/N-ethyl adjacent to an activating group) is 1. The Labute approximate surface area is 213 Å². The Morgan fingerprint density at radius 1 is 1.11 bits per heavy atom. The van der Waals surface area contributed by atoms with Crippen molar-refractivity contribution in [3.63, 3.8) is 0 Å². The summed E-state index contributed by atoms with van der Waals surface area (Å²) in [5.74, 6) is -0.825. The number of aliphatic hydroxyl groups is 2. The molecule has 1 spiro atoms. The van der Waals surface area contributed by atoms with Crippen molar-refractivity contribution in [1.82, 2.24) is 4.90 Å². The molecule has 0 radical (unpaired) electrons. The van der Waals surface area contributed by atoms with E-state index in [1.165, 1.54) is 6.92 Å². The number of hydrogen-bond donors (Lipinski definition) is 2. The summed E-state index contributed by atoms with van der Waals surface area (Å²) in [7, 11) is 6.86. The van der Waals surface area contributed by atoms with E-state index in [1.54, 1.807) is 28.4 Å². The zero-order chi connectivity index (χ0) is 25.8. The molecule has 2 N–H and O–H groups in total. The van der Waals surface area contributed by atoms with Gasteiger partial charge in [-0.25, -0.2) is 0 Å². The van der Waals surface area contributed by atoms with Gasteiger partial charge in [0.15, 0.2) is 0 Å². The fourth-order valence-electron chi connectivity index (χ4n) is 11.3. The SMILES string of the molecule is CCN1C[C@]2(COC)CC[C@H](OC)[C@]34C1[C@](O)([C@@H](OC(C)=O)[C@H]23)[C@@]1(O)C[C@H](OC)[C@H]2C[C@@H]4[C@@H]1[C@H]2OC. The summed E-state index contributed by atoms with van der Waals surface area (Å²) in [5, 5.41) is 26.1. The molecule has 36 heavy (non-hydrogen) atoms. The topological polar surface area (TPSA) is 107 Å². The van der Waals surface area contributed by atoms with Crippen LogP contribution in [0.3, 0.4) is 0 Å². The van der Waals surface area contributed by atoms with Crippen LogP contribution < -0.4 is 0 Å². The molecule has 6 fully saturated rings. The van der Waals surface area contributed by atoms with Crippen molar-refractivity contribution in [3.8, 4) is 0 Å². The summed E-state index contributed by atoms with van der Waals surface area (Å²) >= 11 is 0. The van der Waals surface area contributed by atoms with E-state index in [2.05, 4.69) is 11.8 Å². The van der Waals surface area contributed by atoms with Crippen LogP contribution in [0, 0.1) is 34.5 Å². The van der Waals surface area contributed by atoms with Crippen LogP contribution in [0.1, 0.15) is 39.5 Å². The predicted octanol–water partition coefficient (Wildman–Crippen LogP) is 0.842. The van der Waals surface area contributed by atoms with E-state index in [0.29, 0.717) is 13.2 Å². The summed E-state index contributed by atoms with van der Waals surface area (Å²) in [6, 6.07) is -0.419. The lowest BCUT2D eigenvalue weighted by Crippen LogP contribution is -2.82. The standard InChI is InChI=1S/C27H43NO8/c1-7-28-12-24(13-32-3)9-8-18(34-5)26-16-10-15-17(33-4)11-25(30,19(16)20(15)35-6)27(31,23(26)28)22(21(24)26)36-14(2)29/h15-23,30-31H,7-13H2,1-6H3/t15-,16-,17+,18+,19-,20+,21-,22+,23?,24+,25-,26+,27-/m1/s1. The van der Waals surface area contributed by atoms with Gasteiger partial charge >= 0.3 is 5.97 Å². The highest BCUT2D eigenvalue weighted by atomic mass is 16.6. The number of hydrogen-bond acceptors (Lipinski definition) is 9. The number of carbonyl (C=O) groups is 1. The average Bonchev–Trinajstić information content (AvgIpc) is 3.26. The van der Waals surface area contributed by atoms with Gasteiger partial charge in [0.2, 0.25) is 0 Å². The molecule has 1 saturated heterocycles. The lowest BCUT2D eigenvalue weighted by Gasteiger charge is -2.70. The molecule has 9 nitrogen and oxygen atoms in total. The Balaban J connectivity index is 1.69. The van der Waals surface area contributed by atoms with E-state index in [1.807, 2.05) is 0 Å². The number of methoxy groups -OCH3 is 4. The second-order valence-corrected chi connectivity index (χ2v) is 12.5. The Kier molecular flexibility index (Phi) is 5.73. The summed E-state index contributed by atoms with van der Waals surface area (Å²) in [4.78, 5) is 15.0. The van der Waals surface area contributed by atoms with Gasteiger partial charge in [0.1, 0.15) is 17.3 Å². The van der Waals surface area contributed by atoms with Crippen LogP contribution in [-0.4, -0.2) is 111 Å². The molecule has 0 aromatic carbocycles. The van der Waals surface area contributed by atoms with Gasteiger partial charge in [-0.05, 0) is 31.7 Å². The summed E-state index contributed by atoms with van der Waals surface area (Å²) in [5.41, 5.74) is -4.12. The largest absolute Gasteiger partial charge is 0.459 e. The molecule has 6 rings (SSSR count). The van der Waals surface area contributed by atoms with Crippen LogP contribution in [0.15, 0.2) is 0 Å². The molecule has 1 unspecified atom stereocenters. The van der Waals surface area contributed by atoms with Gasteiger partial charge in [-0.1, -0.05) is 6.92 Å². The van der Waals surface area contributed by atoms with Gasteiger partial charge in [-0.3, -0.25) is 9.69 Å². The van der Waals surface area contributed by atoms with Crippen LogP contribution >= 0.6 is 0 Å². The smallest absolute Gasteiger partial charge is 0.303 e. The highest BCUT2D eigenvalue weighted by molar-refractivity contribution is 5.67. The number of rotatable bonds is 7. The number of likely N-dealkylation sites (tertiary alicyclic amines) is 1. The Morgan fingerprint density at radius 2 is 1.86 bits per heavy atom. The van der Waals surface area contributed by atoms with Gasteiger partial charge in [0, 0.05) is 76.9 Å². The maximum atomic E-state index is 13.2. The Morgan fingerprint density at radius 3 is 2.44 bits per heavy atom. The number of carbonyl (C=O) groups excluding carboxylic acids is 1. The lowest BCUT2D eigenvalue weighted by atomic mass is 9.42. The Hall–Kier alpha value is -0.810. The summed E-state index contributed by atoms with van der Waals surface area (Å²) in [6.07, 6.45) is 1.24. The molecule has 204 valence electrons. The van der Waals surface area contributed by atoms with Crippen molar-refractivity contribution in [3.05, 3.63) is 0 Å². The summed E-state index contributed by atoms with van der Waals surface area (Å²) in [6.45, 7) is 5.43. The number of esters is 1. The van der Waals surface area contributed by atoms with Crippen molar-refractivity contribution >= 4 is 5.97 Å². The third-order valence-electron chi connectivity index (χ3n) is 11.8. The molecule has 7 bridgehead atoms. The maximum Gasteiger partial charge on any atom is 0.303 e. The molecule has 13 atom stereocenters. The minimum absolute atomic E-state index is 0.0178. The normalized spacial score (nSPS) is 56.6. The fourth-order valence-corrected chi connectivity index (χ4v) is 11.3. The van der Waals surface area contributed by atoms with Gasteiger partial charge in [0.05, 0.1) is 31.0 Å². The number of ether oxygens (including phenoxy) is 5. The maximum absolute atomic E-state index is 13.2. The van der Waals surface area contributed by atoms with E-state index < -0.39 is 34.7 Å². The molecule has 6 aliphatic rings. The van der Waals surface area contributed by atoms with E-state index >= 15 is 0 Å². The van der Waals surface area contributed by atoms with Gasteiger partial charge in [-0.2, -0.15) is 0 Å². The van der Waals surface area contributed by atoms with E-state index in [4.69, 9.17) is 23.7 Å². The molecule has 0 aromatic heterocycles. The Bertz CT molecular complexity index is 918. The highest BCUT2D eigenvalue weighted by Gasteiger charge is 2.92. The van der Waals surface area contributed by atoms with E-state index in [0.717, 1.165) is 25.8 Å². The van der Waals surface area contributed by atoms with Gasteiger partial charge in [-0.15, -0.1) is 0 Å². The predicted molar refractivity (Wildman–Crippen MR) is 128 cm³/mol. The van der Waals surface area contributed by atoms with Gasteiger partial charge in [0.25, 0.3) is 0 Å². The molecule has 1 aliphatic heterocycles. The number of fused-ring (bicyclic) bond motifs is 2. The van der Waals surface area contributed by atoms with Crippen LogP contribution in [0.5, 0.6) is 0 Å². The van der Waals surface area contributed by atoms with Crippen molar-refractivity contribution in [2.24, 2.45) is 34.5 Å². The first kappa shape index (κ1) is 25.5. The van der Waals surface area contributed by atoms with Crippen molar-refractivity contribution < 1.29 is 38.7 Å². The van der Waals surface area contributed by atoms with Crippen molar-refractivity contribution in [2.75, 3.05) is 48.1 Å². The fraction of sp³-hybridized carbons (Fsp3) is 0.963. The van der Waals surface area contributed by atoms with Crippen LogP contribution in [0.2, 0.25) is 0 Å². The summed E-state index contributed by atoms with van der Waals surface area (Å²) < 4.78 is 30.4. The van der Waals surface area contributed by atoms with Crippen LogP contribution in [0.25, 0.3) is 0 Å². The molecule has 5 saturated carbocycles. The minimum Gasteiger partial charge on any atom is -0.459 e. The third kappa shape index (κ3) is 2.55. The average molecular weight is 510 g/mol. The second-order valence-electron chi connectivity index (χ2n) is 12.5. The van der Waals surface area contributed by atoms with Crippen LogP contribution in [-0.2, 0) is 28.5 Å². The quantitative estimate of drug-likeness (QED) is 0.483. The molecular weight excluding hydrogens is 466 g/mol. The molecule has 0 aromatic rings. The number of nitrogens with zero attached hydrogens (tertiary/aromatic N) is 1. The molecular formula is C27H43NO8. The number of piperidine rings is 1. The van der Waals surface area contributed by atoms with E-state index in [-0.39, 0.29) is 53.8 Å².